The molecule has 6 rings (SSSR count). The fourth-order valence-electron chi connectivity index (χ4n) is 4.52. The number of fused-ring (bicyclic) bond motifs is 2. The van der Waals surface area contributed by atoms with E-state index >= 15 is 0 Å². The first-order valence-corrected chi connectivity index (χ1v) is 17.0. The number of aromatic amines is 2. The van der Waals surface area contributed by atoms with Crippen molar-refractivity contribution in [3.63, 3.8) is 0 Å². The molecule has 0 fully saturated rings. The third kappa shape index (κ3) is 10.3. The molecule has 12 nitrogen and oxygen atoms in total. The van der Waals surface area contributed by atoms with Gasteiger partial charge in [0.15, 0.2) is 11.3 Å². The van der Waals surface area contributed by atoms with Crippen molar-refractivity contribution in [3.05, 3.63) is 82.0 Å². The molecule has 0 aliphatic carbocycles. The van der Waals surface area contributed by atoms with Gasteiger partial charge in [-0.3, -0.25) is 0 Å². The topological polar surface area (TPSA) is 155 Å². The summed E-state index contributed by atoms with van der Waals surface area (Å²) in [5.41, 5.74) is 5.16. The summed E-state index contributed by atoms with van der Waals surface area (Å²) in [6.45, 7) is 6.22. The number of aromatic nitrogens is 6. The number of pyridine rings is 2. The van der Waals surface area contributed by atoms with Crippen molar-refractivity contribution in [3.8, 4) is 34.3 Å². The van der Waals surface area contributed by atoms with Gasteiger partial charge in [0.2, 0.25) is 0 Å². The molecule has 1 unspecified atom stereocenters. The summed E-state index contributed by atoms with van der Waals surface area (Å²) in [6.07, 6.45) is 3.47. The molecular weight excluding hydrogens is 744 g/mol. The van der Waals surface area contributed by atoms with Gasteiger partial charge < -0.3 is 39.9 Å². The highest BCUT2D eigenvalue weighted by Gasteiger charge is 2.09. The number of methoxy groups -OCH3 is 1. The number of nitrogens with zero attached hydrogens (tertiary/aromatic N) is 4. The van der Waals surface area contributed by atoms with Gasteiger partial charge in [-0.15, -0.1) is 0 Å². The predicted molar refractivity (Wildman–Crippen MR) is 194 cm³/mol. The van der Waals surface area contributed by atoms with Crippen molar-refractivity contribution in [2.75, 3.05) is 53.2 Å². The predicted octanol–water partition coefficient (Wildman–Crippen LogP) is 5.74. The summed E-state index contributed by atoms with van der Waals surface area (Å²) in [6, 6.07) is 19.6. The number of hydrogen-bond acceptors (Lipinski definition) is 10. The van der Waals surface area contributed by atoms with E-state index < -0.39 is 0 Å². The number of aliphatic hydroxyl groups excluding tert-OH is 1. The molecule has 1 atom stereocenters. The van der Waals surface area contributed by atoms with Gasteiger partial charge in [-0.1, -0.05) is 0 Å². The van der Waals surface area contributed by atoms with E-state index in [1.165, 1.54) is 0 Å². The van der Waals surface area contributed by atoms with E-state index in [9.17, 15) is 0 Å². The van der Waals surface area contributed by atoms with Gasteiger partial charge in [0.05, 0.1) is 24.2 Å². The van der Waals surface area contributed by atoms with Crippen LogP contribution in [0.4, 0.5) is 0 Å². The lowest BCUT2D eigenvalue weighted by Gasteiger charge is -2.11. The molecule has 0 aliphatic heterocycles. The smallest absolute Gasteiger partial charge is 0.178 e. The first-order chi connectivity index (χ1) is 23.4. The Bertz CT molecular complexity index is 1870. The lowest BCUT2D eigenvalue weighted by atomic mass is 10.2. The largest absolute Gasteiger partial charge is 0.492 e. The van der Waals surface area contributed by atoms with Crippen molar-refractivity contribution < 1.29 is 19.3 Å². The molecule has 0 radical (unpaired) electrons. The van der Waals surface area contributed by atoms with Crippen molar-refractivity contribution in [2.45, 2.75) is 13.0 Å². The lowest BCUT2D eigenvalue weighted by Crippen LogP contribution is -2.32. The normalized spacial score (nSPS) is 11.8. The average Bonchev–Trinajstić information content (AvgIpc) is 3.73. The first-order valence-electron chi connectivity index (χ1n) is 15.4. The van der Waals surface area contributed by atoms with E-state index in [1.54, 1.807) is 19.5 Å². The number of H-pyrrole nitrogens is 2. The Morgan fingerprint density at radius 1 is 0.729 bits per heavy atom. The number of nitrogens with one attached hydrogen (secondary N) is 4. The molecule has 252 valence electrons. The molecule has 2 aromatic carbocycles. The summed E-state index contributed by atoms with van der Waals surface area (Å²) in [5, 5.41) is 15.3. The van der Waals surface area contributed by atoms with Gasteiger partial charge in [-0.05, 0) is 99.4 Å². The van der Waals surface area contributed by atoms with Crippen LogP contribution in [0.5, 0.6) is 11.5 Å². The van der Waals surface area contributed by atoms with Crippen LogP contribution in [-0.4, -0.2) is 94.2 Å². The van der Waals surface area contributed by atoms with Crippen LogP contribution in [0.2, 0.25) is 0 Å². The molecule has 14 heteroatoms. The zero-order chi connectivity index (χ0) is 33.7. The SMILES string of the molecule is CC(CO)NCCOc1ccc(-c2nc3ncc(Br)cc3[nH]2)cc1.COCCNCCOc1ccc(-c2nc3ncc(Br)cc3[nH]2)cc1. The molecule has 0 bridgehead atoms. The Hall–Kier alpha value is -3.92. The van der Waals surface area contributed by atoms with E-state index in [-0.39, 0.29) is 12.6 Å². The maximum atomic E-state index is 8.94. The van der Waals surface area contributed by atoms with Gasteiger partial charge in [-0.2, -0.15) is 0 Å². The molecule has 0 spiro atoms. The number of ether oxygens (including phenoxy) is 3. The van der Waals surface area contributed by atoms with Crippen LogP contribution in [0, 0.1) is 0 Å². The maximum absolute atomic E-state index is 8.94. The molecule has 6 aromatic rings. The Morgan fingerprint density at radius 2 is 1.21 bits per heavy atom. The lowest BCUT2D eigenvalue weighted by molar-refractivity contribution is 0.197. The molecule has 0 amide bonds. The Labute approximate surface area is 295 Å². The third-order valence-corrected chi connectivity index (χ3v) is 7.90. The molecule has 5 N–H and O–H groups in total. The Morgan fingerprint density at radius 3 is 1.69 bits per heavy atom. The molecule has 48 heavy (non-hydrogen) atoms. The highest BCUT2D eigenvalue weighted by atomic mass is 79.9. The van der Waals surface area contributed by atoms with E-state index in [0.717, 1.165) is 67.3 Å². The van der Waals surface area contributed by atoms with Gasteiger partial charge in [0, 0.05) is 65.3 Å². The Kier molecular flexibility index (Phi) is 13.3. The fraction of sp³-hybridized carbons (Fsp3) is 0.294. The first kappa shape index (κ1) is 35.4. The summed E-state index contributed by atoms with van der Waals surface area (Å²) < 4.78 is 18.2. The van der Waals surface area contributed by atoms with Crippen molar-refractivity contribution >= 4 is 54.2 Å². The number of halogens is 2. The van der Waals surface area contributed by atoms with Crippen molar-refractivity contribution in [2.24, 2.45) is 0 Å². The number of hydrogen-bond donors (Lipinski definition) is 5. The monoisotopic (exact) mass is 780 g/mol. The van der Waals surface area contributed by atoms with Crippen LogP contribution in [0.1, 0.15) is 6.92 Å². The molecule has 4 heterocycles. The van der Waals surface area contributed by atoms with Crippen LogP contribution in [-0.2, 0) is 4.74 Å². The van der Waals surface area contributed by atoms with E-state index in [1.807, 2.05) is 67.6 Å². The quantitative estimate of drug-likeness (QED) is 0.0816. The van der Waals surface area contributed by atoms with E-state index in [0.29, 0.717) is 37.7 Å². The minimum atomic E-state index is 0.0812. The second kappa shape index (κ2) is 18.0. The number of rotatable bonds is 15. The second-order valence-electron chi connectivity index (χ2n) is 10.7. The van der Waals surface area contributed by atoms with Gasteiger partial charge in [-0.25, -0.2) is 19.9 Å². The molecule has 4 aromatic heterocycles. The molecule has 0 aliphatic rings. The minimum absolute atomic E-state index is 0.0812. The van der Waals surface area contributed by atoms with Crippen LogP contribution < -0.4 is 20.1 Å². The Balaban J connectivity index is 0.000000188. The number of imidazole rings is 2. The molecule has 0 saturated carbocycles. The summed E-state index contributed by atoms with van der Waals surface area (Å²) in [4.78, 5) is 24.1. The van der Waals surface area contributed by atoms with Crippen LogP contribution in [0.25, 0.3) is 45.1 Å². The zero-order valence-corrected chi connectivity index (χ0v) is 29.8. The average molecular weight is 783 g/mol. The van der Waals surface area contributed by atoms with E-state index in [4.69, 9.17) is 19.3 Å². The minimum Gasteiger partial charge on any atom is -0.492 e. The van der Waals surface area contributed by atoms with Gasteiger partial charge in [0.1, 0.15) is 36.4 Å². The van der Waals surface area contributed by atoms with Gasteiger partial charge in [0.25, 0.3) is 0 Å². The number of benzene rings is 2. The highest BCUT2D eigenvalue weighted by molar-refractivity contribution is 9.10. The summed E-state index contributed by atoms with van der Waals surface area (Å²) >= 11 is 6.82. The standard InChI is InChI=1S/2C17H19BrN4O2/c1-23-8-6-19-7-9-24-14-4-2-12(3-5-14)16-21-15-10-13(18)11-20-17(15)22-16;1-11(10-23)19-6-7-24-14-4-2-12(3-5-14)16-21-15-8-13(18)9-20-17(15)22-16/h2-5,10-11,19H,6-9H2,1H3,(H,20,21,22);2-5,8-9,11,19,23H,6-7,10H2,1H3,(H,20,21,22). The fourth-order valence-corrected chi connectivity index (χ4v) is 5.18. The summed E-state index contributed by atoms with van der Waals surface area (Å²) in [5.74, 6) is 3.21. The second-order valence-corrected chi connectivity index (χ2v) is 12.6. The highest BCUT2D eigenvalue weighted by Crippen LogP contribution is 2.25. The van der Waals surface area contributed by atoms with E-state index in [2.05, 4.69) is 72.4 Å². The van der Waals surface area contributed by atoms with Crippen LogP contribution in [0.3, 0.4) is 0 Å². The third-order valence-electron chi connectivity index (χ3n) is 7.03. The maximum Gasteiger partial charge on any atom is 0.178 e. The summed E-state index contributed by atoms with van der Waals surface area (Å²) in [7, 11) is 1.69. The zero-order valence-electron chi connectivity index (χ0n) is 26.7. The molecule has 0 saturated heterocycles. The van der Waals surface area contributed by atoms with Crippen LogP contribution >= 0.6 is 31.9 Å². The number of aliphatic hydroxyl groups is 1. The van der Waals surface area contributed by atoms with Gasteiger partial charge >= 0.3 is 0 Å². The molecular formula is C34H38Br2N8O4. The van der Waals surface area contributed by atoms with Crippen molar-refractivity contribution in [1.29, 1.82) is 0 Å². The van der Waals surface area contributed by atoms with Crippen LogP contribution in [0.15, 0.2) is 82.0 Å². The van der Waals surface area contributed by atoms with Crippen molar-refractivity contribution in [1.82, 2.24) is 40.5 Å².